The van der Waals surface area contributed by atoms with Crippen LogP contribution in [0.25, 0.3) is 28.4 Å². The van der Waals surface area contributed by atoms with Gasteiger partial charge in [-0.2, -0.15) is 0 Å². The van der Waals surface area contributed by atoms with Crippen LogP contribution >= 0.6 is 0 Å². The number of hydrogen-bond acceptors (Lipinski definition) is 19. The minimum absolute atomic E-state index is 0.124. The van der Waals surface area contributed by atoms with Gasteiger partial charge in [-0.15, -0.1) is 0 Å². The molecular weight excluding hydrogens is 736 g/mol. The van der Waals surface area contributed by atoms with Gasteiger partial charge in [-0.05, 0) is 48.0 Å². The number of carbonyl (C=O) groups excluding carboxylic acids is 1. The molecule has 3 heterocycles. The summed E-state index contributed by atoms with van der Waals surface area (Å²) >= 11 is 0. The molecule has 0 radical (unpaired) electrons. The van der Waals surface area contributed by atoms with E-state index in [1.54, 1.807) is 0 Å². The normalized spacial score (nSPS) is 28.3. The number of phenols is 5. The molecule has 3 aromatic carbocycles. The number of aromatic hydroxyl groups is 5. The number of aliphatic hydroxyl groups is 6. The Balaban J connectivity index is 1.28. The predicted molar refractivity (Wildman–Crippen MR) is 183 cm³/mol. The number of aliphatic hydroxyl groups excluding tert-OH is 6. The van der Waals surface area contributed by atoms with E-state index in [1.165, 1.54) is 48.5 Å². The third kappa shape index (κ3) is 8.15. The molecule has 10 unspecified atom stereocenters. The molecule has 0 spiro atoms. The molecule has 2 aliphatic rings. The van der Waals surface area contributed by atoms with Gasteiger partial charge in [0, 0.05) is 23.8 Å². The van der Waals surface area contributed by atoms with Crippen LogP contribution in [0.1, 0.15) is 5.56 Å². The van der Waals surface area contributed by atoms with E-state index in [0.29, 0.717) is 5.56 Å². The number of fused-ring (bicyclic) bond motifs is 1. The lowest BCUT2D eigenvalue weighted by Crippen LogP contribution is -2.65. The Labute approximate surface area is 308 Å². The van der Waals surface area contributed by atoms with Gasteiger partial charge >= 0.3 is 5.97 Å². The molecule has 2 fully saturated rings. The van der Waals surface area contributed by atoms with Crippen LogP contribution in [0.2, 0.25) is 0 Å². The number of esters is 1. The van der Waals surface area contributed by atoms with Crippen LogP contribution in [0, 0.1) is 0 Å². The second kappa shape index (κ2) is 16.1. The summed E-state index contributed by atoms with van der Waals surface area (Å²) in [6, 6.07) is 10.8. The van der Waals surface area contributed by atoms with E-state index in [-0.39, 0.29) is 28.4 Å². The molecule has 294 valence electrons. The first-order valence-corrected chi connectivity index (χ1v) is 16.5. The lowest BCUT2D eigenvalue weighted by Gasteiger charge is -2.45. The monoisotopic (exact) mass is 772 g/mol. The molecule has 0 amide bonds. The zero-order valence-electron chi connectivity index (χ0n) is 28.2. The molecule has 19 heteroatoms. The zero-order valence-corrected chi connectivity index (χ0v) is 28.2. The van der Waals surface area contributed by atoms with Crippen LogP contribution in [0.15, 0.2) is 69.9 Å². The number of phenolic OH excluding ortho intramolecular Hbond substituents is 5. The molecule has 55 heavy (non-hydrogen) atoms. The van der Waals surface area contributed by atoms with E-state index in [0.717, 1.165) is 18.2 Å². The lowest BCUT2D eigenvalue weighted by atomic mass is 9.97. The Morgan fingerprint density at radius 2 is 1.42 bits per heavy atom. The van der Waals surface area contributed by atoms with E-state index in [2.05, 4.69) is 0 Å². The summed E-state index contributed by atoms with van der Waals surface area (Å²) in [5.41, 5.74) is -0.876. The Kier molecular flexibility index (Phi) is 11.5. The molecule has 0 aliphatic carbocycles. The van der Waals surface area contributed by atoms with Crippen molar-refractivity contribution in [3.63, 3.8) is 0 Å². The maximum Gasteiger partial charge on any atom is 0.330 e. The summed E-state index contributed by atoms with van der Waals surface area (Å²) in [6.07, 6.45) is -16.6. The fourth-order valence-electron chi connectivity index (χ4n) is 5.93. The smallest absolute Gasteiger partial charge is 0.330 e. The van der Waals surface area contributed by atoms with Crippen molar-refractivity contribution in [2.45, 2.75) is 61.4 Å². The largest absolute Gasteiger partial charge is 0.508 e. The van der Waals surface area contributed by atoms with Gasteiger partial charge < -0.3 is 84.3 Å². The number of carbonyl (C=O) groups is 1. The summed E-state index contributed by atoms with van der Waals surface area (Å²) in [6.45, 7) is -1.61. The highest BCUT2D eigenvalue weighted by Gasteiger charge is 2.52. The van der Waals surface area contributed by atoms with Crippen molar-refractivity contribution in [2.24, 2.45) is 0 Å². The van der Waals surface area contributed by atoms with Crippen LogP contribution in [-0.4, -0.2) is 137 Å². The van der Waals surface area contributed by atoms with E-state index < -0.39 is 114 Å². The molecule has 0 saturated carbocycles. The predicted octanol–water partition coefficient (Wildman–Crippen LogP) is -0.745. The zero-order chi connectivity index (χ0) is 39.7. The Hall–Kier alpha value is -5.48. The molecule has 6 rings (SSSR count). The minimum Gasteiger partial charge on any atom is -0.508 e. The number of rotatable bonds is 10. The quantitative estimate of drug-likeness (QED) is 0.0537. The molecule has 11 N–H and O–H groups in total. The Morgan fingerprint density at radius 3 is 2.11 bits per heavy atom. The molecule has 4 aromatic rings. The fraction of sp³-hybridized carbons (Fsp3) is 0.333. The van der Waals surface area contributed by atoms with Gasteiger partial charge in [-0.25, -0.2) is 4.79 Å². The topological polar surface area (TPSA) is 316 Å². The van der Waals surface area contributed by atoms with Crippen LogP contribution in [-0.2, 0) is 23.7 Å². The third-order valence-corrected chi connectivity index (χ3v) is 8.87. The summed E-state index contributed by atoms with van der Waals surface area (Å²) in [5, 5.41) is 113. The SMILES string of the molecule is O=C(C=Cc1ccc(O)c(O)c1)OCC1OC(OC2C(Oc3c(-c4ccc(O)cc4)oc4cc(O)cc(O)c4c3=O)OC(CO)C(O)C2O)C(O)C(O)C1O. The van der Waals surface area contributed by atoms with Crippen molar-refractivity contribution in [3.05, 3.63) is 76.5 Å². The summed E-state index contributed by atoms with van der Waals surface area (Å²) in [5.74, 6) is -4.13. The van der Waals surface area contributed by atoms with Crippen LogP contribution in [0.5, 0.6) is 34.5 Å². The van der Waals surface area contributed by atoms with Crippen LogP contribution in [0.4, 0.5) is 0 Å². The molecule has 10 atom stereocenters. The first-order valence-electron chi connectivity index (χ1n) is 16.5. The van der Waals surface area contributed by atoms with Gasteiger partial charge in [-0.3, -0.25) is 4.79 Å². The minimum atomic E-state index is -2.05. The number of hydrogen-bond donors (Lipinski definition) is 11. The van der Waals surface area contributed by atoms with Gasteiger partial charge in [0.1, 0.15) is 77.6 Å². The summed E-state index contributed by atoms with van der Waals surface area (Å²) in [7, 11) is 0. The highest BCUT2D eigenvalue weighted by Crippen LogP contribution is 2.38. The first kappa shape index (κ1) is 39.2. The molecule has 2 aliphatic heterocycles. The Morgan fingerprint density at radius 1 is 0.727 bits per heavy atom. The number of ether oxygens (including phenoxy) is 5. The standard InChI is InChI=1S/C36H36O19/c37-12-22-26(44)30(48)34(55-35-31(49)29(47)27(45)23(53-35)13-50-24(43)8-2-14-1-7-18(40)19(41)9-14)36(52-22)54-33-28(46)25-20(42)10-17(39)11-21(25)51-32(33)15-3-5-16(38)6-4-15/h1-11,22-23,26-27,29-31,34-42,44-45,47-49H,12-13H2. The van der Waals surface area contributed by atoms with Crippen LogP contribution < -0.4 is 10.2 Å². The molecule has 2 saturated heterocycles. The van der Waals surface area contributed by atoms with E-state index in [4.69, 9.17) is 28.1 Å². The van der Waals surface area contributed by atoms with Crippen molar-refractivity contribution >= 4 is 23.0 Å². The molecular formula is C36H36O19. The lowest BCUT2D eigenvalue weighted by molar-refractivity contribution is -0.358. The second-order valence-electron chi connectivity index (χ2n) is 12.6. The van der Waals surface area contributed by atoms with E-state index in [1.807, 2.05) is 0 Å². The van der Waals surface area contributed by atoms with Crippen molar-refractivity contribution in [3.8, 4) is 45.8 Å². The highest BCUT2D eigenvalue weighted by atomic mass is 16.8. The third-order valence-electron chi connectivity index (χ3n) is 8.87. The first-order chi connectivity index (χ1) is 26.2. The average Bonchev–Trinajstić information content (AvgIpc) is 3.15. The van der Waals surface area contributed by atoms with E-state index in [9.17, 15) is 65.8 Å². The van der Waals surface area contributed by atoms with Gasteiger partial charge in [0.15, 0.2) is 29.7 Å². The van der Waals surface area contributed by atoms with Crippen molar-refractivity contribution in [1.82, 2.24) is 0 Å². The second-order valence-corrected chi connectivity index (χ2v) is 12.6. The van der Waals surface area contributed by atoms with Crippen LogP contribution in [0.3, 0.4) is 0 Å². The highest BCUT2D eigenvalue weighted by molar-refractivity contribution is 5.88. The van der Waals surface area contributed by atoms with Gasteiger partial charge in [0.2, 0.25) is 17.5 Å². The maximum atomic E-state index is 13.9. The molecule has 1 aromatic heterocycles. The Bertz CT molecular complexity index is 2100. The fourth-order valence-corrected chi connectivity index (χ4v) is 5.93. The van der Waals surface area contributed by atoms with Gasteiger partial charge in [0.05, 0.1) is 6.61 Å². The molecule has 0 bridgehead atoms. The average molecular weight is 773 g/mol. The molecule has 19 nitrogen and oxygen atoms in total. The summed E-state index contributed by atoms with van der Waals surface area (Å²) < 4.78 is 34.0. The van der Waals surface area contributed by atoms with E-state index >= 15 is 0 Å². The van der Waals surface area contributed by atoms with Crippen molar-refractivity contribution < 1.29 is 89.1 Å². The maximum absolute atomic E-state index is 13.9. The van der Waals surface area contributed by atoms with Crippen molar-refractivity contribution in [1.29, 1.82) is 0 Å². The summed E-state index contributed by atoms with van der Waals surface area (Å²) in [4.78, 5) is 26.3. The number of benzene rings is 3. The van der Waals surface area contributed by atoms with Gasteiger partial charge in [0.25, 0.3) is 0 Å². The van der Waals surface area contributed by atoms with Gasteiger partial charge in [-0.1, -0.05) is 6.07 Å². The van der Waals surface area contributed by atoms with Crippen molar-refractivity contribution in [2.75, 3.05) is 13.2 Å².